The van der Waals surface area contributed by atoms with Crippen LogP contribution in [0.15, 0.2) is 24.3 Å². The minimum absolute atomic E-state index is 0.101. The Balaban J connectivity index is 2.60. The van der Waals surface area contributed by atoms with E-state index in [1.165, 1.54) is 5.56 Å². The quantitative estimate of drug-likeness (QED) is 0.790. The molecule has 0 fully saturated rings. The summed E-state index contributed by atoms with van der Waals surface area (Å²) in [4.78, 5) is 11.4. The van der Waals surface area contributed by atoms with E-state index in [-0.39, 0.29) is 5.78 Å². The number of hydrogen-bond acceptors (Lipinski definition) is 2. The van der Waals surface area contributed by atoms with Gasteiger partial charge in [-0.2, -0.15) is 0 Å². The van der Waals surface area contributed by atoms with Gasteiger partial charge in [-0.05, 0) is 18.9 Å². The Bertz CT molecular complexity index is 301. The van der Waals surface area contributed by atoms with E-state index in [0.717, 1.165) is 5.56 Å². The van der Waals surface area contributed by atoms with E-state index in [2.05, 4.69) is 0 Å². The zero-order valence-corrected chi connectivity index (χ0v) is 8.66. The summed E-state index contributed by atoms with van der Waals surface area (Å²) in [6, 6.07) is 7.80. The van der Waals surface area contributed by atoms with Crippen LogP contribution in [0.5, 0.6) is 0 Å². The van der Waals surface area contributed by atoms with E-state index in [4.69, 9.17) is 0 Å². The number of benzene rings is 1. The van der Waals surface area contributed by atoms with Gasteiger partial charge in [-0.25, -0.2) is 0 Å². The first kappa shape index (κ1) is 10.9. The maximum Gasteiger partial charge on any atom is 0.165 e. The van der Waals surface area contributed by atoms with E-state index < -0.39 is 6.10 Å². The van der Waals surface area contributed by atoms with Crippen LogP contribution in [0.4, 0.5) is 0 Å². The second kappa shape index (κ2) is 4.91. The Morgan fingerprint density at radius 3 is 2.43 bits per heavy atom. The van der Waals surface area contributed by atoms with Gasteiger partial charge in [0, 0.05) is 6.42 Å². The van der Waals surface area contributed by atoms with Crippen molar-refractivity contribution >= 4 is 5.78 Å². The molecule has 76 valence electrons. The molecule has 0 bridgehead atoms. The van der Waals surface area contributed by atoms with Crippen molar-refractivity contribution in [1.82, 2.24) is 0 Å². The third-order valence-electron chi connectivity index (χ3n) is 2.26. The number of carbonyl (C=O) groups excluding carboxylic acids is 1. The summed E-state index contributed by atoms with van der Waals surface area (Å²) in [6.07, 6.45) is 0.0104. The number of rotatable bonds is 4. The zero-order chi connectivity index (χ0) is 10.6. The second-order valence-corrected chi connectivity index (χ2v) is 3.55. The highest BCUT2D eigenvalue weighted by molar-refractivity contribution is 5.84. The van der Waals surface area contributed by atoms with Crippen molar-refractivity contribution in [3.63, 3.8) is 0 Å². The smallest absolute Gasteiger partial charge is 0.165 e. The molecule has 2 nitrogen and oxygen atoms in total. The molecular weight excluding hydrogens is 176 g/mol. The highest BCUT2D eigenvalue weighted by Crippen LogP contribution is 2.06. The maximum absolute atomic E-state index is 11.4. The van der Waals surface area contributed by atoms with E-state index >= 15 is 0 Å². The third-order valence-corrected chi connectivity index (χ3v) is 2.26. The van der Waals surface area contributed by atoms with Crippen LogP contribution in [-0.2, 0) is 11.2 Å². The molecule has 0 amide bonds. The lowest BCUT2D eigenvalue weighted by Crippen LogP contribution is -2.21. The molecule has 0 spiro atoms. The summed E-state index contributed by atoms with van der Waals surface area (Å²) < 4.78 is 0. The van der Waals surface area contributed by atoms with Crippen molar-refractivity contribution < 1.29 is 9.90 Å². The van der Waals surface area contributed by atoms with E-state index in [1.807, 2.05) is 31.2 Å². The average molecular weight is 192 g/mol. The van der Waals surface area contributed by atoms with Gasteiger partial charge in [0.2, 0.25) is 0 Å². The van der Waals surface area contributed by atoms with E-state index in [0.29, 0.717) is 12.8 Å². The van der Waals surface area contributed by atoms with E-state index in [9.17, 15) is 9.90 Å². The lowest BCUT2D eigenvalue weighted by Gasteiger charge is -2.06. The Hall–Kier alpha value is -1.15. The van der Waals surface area contributed by atoms with Gasteiger partial charge in [-0.15, -0.1) is 0 Å². The lowest BCUT2D eigenvalue weighted by molar-refractivity contribution is -0.126. The van der Waals surface area contributed by atoms with Crippen molar-refractivity contribution in [1.29, 1.82) is 0 Å². The first-order valence-electron chi connectivity index (χ1n) is 4.89. The summed E-state index contributed by atoms with van der Waals surface area (Å²) in [5.74, 6) is -0.101. The molecule has 1 aromatic rings. The molecule has 0 saturated carbocycles. The third kappa shape index (κ3) is 2.96. The Labute approximate surface area is 84.6 Å². The molecular formula is C12H16O2. The molecule has 0 aliphatic rings. The normalized spacial score (nSPS) is 12.5. The molecule has 0 heterocycles. The van der Waals surface area contributed by atoms with Crippen LogP contribution >= 0.6 is 0 Å². The molecule has 0 aliphatic heterocycles. The first-order valence-corrected chi connectivity index (χ1v) is 4.89. The minimum Gasteiger partial charge on any atom is -0.385 e. The van der Waals surface area contributed by atoms with Crippen molar-refractivity contribution in [2.24, 2.45) is 0 Å². The molecule has 0 aromatic heterocycles. The Kier molecular flexibility index (Phi) is 3.84. The topological polar surface area (TPSA) is 37.3 Å². The van der Waals surface area contributed by atoms with Crippen LogP contribution in [0.2, 0.25) is 0 Å². The highest BCUT2D eigenvalue weighted by Gasteiger charge is 2.12. The summed E-state index contributed by atoms with van der Waals surface area (Å²) in [7, 11) is 0. The van der Waals surface area contributed by atoms with Crippen LogP contribution in [-0.4, -0.2) is 17.0 Å². The second-order valence-electron chi connectivity index (χ2n) is 3.55. The summed E-state index contributed by atoms with van der Waals surface area (Å²) >= 11 is 0. The maximum atomic E-state index is 11.4. The lowest BCUT2D eigenvalue weighted by atomic mass is 10.0. The SMILES string of the molecule is CCC(O)C(=O)Cc1ccc(C)cc1. The predicted octanol–water partition coefficient (Wildman–Crippen LogP) is 1.88. The fourth-order valence-corrected chi connectivity index (χ4v) is 1.25. The van der Waals surface area contributed by atoms with Crippen LogP contribution in [0.3, 0.4) is 0 Å². The molecule has 1 rings (SSSR count). The Morgan fingerprint density at radius 1 is 1.36 bits per heavy atom. The number of hydrogen-bond donors (Lipinski definition) is 1. The average Bonchev–Trinajstić information content (AvgIpc) is 2.20. The minimum atomic E-state index is -0.809. The molecule has 14 heavy (non-hydrogen) atoms. The van der Waals surface area contributed by atoms with Crippen molar-refractivity contribution in [3.8, 4) is 0 Å². The zero-order valence-electron chi connectivity index (χ0n) is 8.66. The number of aryl methyl sites for hydroxylation is 1. The van der Waals surface area contributed by atoms with Gasteiger partial charge in [0.25, 0.3) is 0 Å². The van der Waals surface area contributed by atoms with Gasteiger partial charge < -0.3 is 5.11 Å². The molecule has 2 heteroatoms. The number of ketones is 1. The fraction of sp³-hybridized carbons (Fsp3) is 0.417. The van der Waals surface area contributed by atoms with Crippen LogP contribution < -0.4 is 0 Å². The molecule has 0 aliphatic carbocycles. The standard InChI is InChI=1S/C12H16O2/c1-3-11(13)12(14)8-10-6-4-9(2)5-7-10/h4-7,11,13H,3,8H2,1-2H3. The van der Waals surface area contributed by atoms with Gasteiger partial charge in [0.1, 0.15) is 6.10 Å². The molecule has 0 saturated heterocycles. The van der Waals surface area contributed by atoms with E-state index in [1.54, 1.807) is 6.92 Å². The van der Waals surface area contributed by atoms with Crippen LogP contribution in [0, 0.1) is 6.92 Å². The summed E-state index contributed by atoms with van der Waals surface area (Å²) in [5.41, 5.74) is 2.14. The Morgan fingerprint density at radius 2 is 1.93 bits per heavy atom. The molecule has 1 atom stereocenters. The number of carbonyl (C=O) groups is 1. The molecule has 1 unspecified atom stereocenters. The molecule has 1 aromatic carbocycles. The monoisotopic (exact) mass is 192 g/mol. The molecule has 1 N–H and O–H groups in total. The first-order chi connectivity index (χ1) is 6.63. The van der Waals surface area contributed by atoms with Gasteiger partial charge in [0.05, 0.1) is 0 Å². The number of aliphatic hydroxyl groups is 1. The van der Waals surface area contributed by atoms with Crippen LogP contribution in [0.25, 0.3) is 0 Å². The highest BCUT2D eigenvalue weighted by atomic mass is 16.3. The van der Waals surface area contributed by atoms with Crippen molar-refractivity contribution in [3.05, 3.63) is 35.4 Å². The van der Waals surface area contributed by atoms with Crippen LogP contribution in [0.1, 0.15) is 24.5 Å². The van der Waals surface area contributed by atoms with Gasteiger partial charge >= 0.3 is 0 Å². The van der Waals surface area contributed by atoms with Crippen molar-refractivity contribution in [2.45, 2.75) is 32.8 Å². The summed E-state index contributed by atoms with van der Waals surface area (Å²) in [6.45, 7) is 3.81. The number of Topliss-reactive ketones (excluding diaryl/α,β-unsaturated/α-hetero) is 1. The fourth-order valence-electron chi connectivity index (χ4n) is 1.25. The van der Waals surface area contributed by atoms with Gasteiger partial charge in [-0.3, -0.25) is 4.79 Å². The molecule has 0 radical (unpaired) electrons. The largest absolute Gasteiger partial charge is 0.385 e. The van der Waals surface area contributed by atoms with Crippen molar-refractivity contribution in [2.75, 3.05) is 0 Å². The number of aliphatic hydroxyl groups excluding tert-OH is 1. The van der Waals surface area contributed by atoms with Gasteiger partial charge in [0.15, 0.2) is 5.78 Å². The summed E-state index contributed by atoms with van der Waals surface area (Å²) in [5, 5.41) is 9.29. The van der Waals surface area contributed by atoms with Gasteiger partial charge in [-0.1, -0.05) is 36.8 Å². The predicted molar refractivity (Wildman–Crippen MR) is 56.2 cm³/mol.